The molecule has 0 aliphatic heterocycles. The van der Waals surface area contributed by atoms with Gasteiger partial charge in [-0.05, 0) is 24.1 Å². The van der Waals surface area contributed by atoms with Gasteiger partial charge in [-0.2, -0.15) is 0 Å². The molecule has 0 unspecified atom stereocenters. The van der Waals surface area contributed by atoms with E-state index < -0.39 is 0 Å². The number of nitrogens with one attached hydrogen (secondary N) is 1. The van der Waals surface area contributed by atoms with Crippen LogP contribution in [0.2, 0.25) is 5.02 Å². The number of halogens is 1. The Balaban J connectivity index is 2.47. The number of ether oxygens (including phenoxy) is 1. The van der Waals surface area contributed by atoms with Crippen molar-refractivity contribution in [2.75, 3.05) is 20.2 Å². The van der Waals surface area contributed by atoms with Crippen LogP contribution in [0.15, 0.2) is 18.2 Å². The molecule has 0 aromatic heterocycles. The zero-order valence-electron chi connectivity index (χ0n) is 9.83. The summed E-state index contributed by atoms with van der Waals surface area (Å²) in [5.74, 6) is 0.644. The van der Waals surface area contributed by atoms with Crippen molar-refractivity contribution in [1.29, 1.82) is 0 Å². The number of benzene rings is 1. The number of aryl methyl sites for hydroxylation is 1. The molecule has 0 spiro atoms. The van der Waals surface area contributed by atoms with Crippen LogP contribution in [0.3, 0.4) is 0 Å². The molecule has 0 aliphatic rings. The van der Waals surface area contributed by atoms with E-state index in [1.807, 2.05) is 12.1 Å². The number of methoxy groups -OCH3 is 1. The third kappa shape index (κ3) is 4.63. The van der Waals surface area contributed by atoms with Crippen LogP contribution in [0, 0.1) is 0 Å². The molecule has 94 valence electrons. The molecule has 0 heterocycles. The summed E-state index contributed by atoms with van der Waals surface area (Å²) >= 11 is 5.99. The molecule has 0 radical (unpaired) electrons. The van der Waals surface area contributed by atoms with Gasteiger partial charge in [0.25, 0.3) is 0 Å². The first kappa shape index (κ1) is 13.8. The van der Waals surface area contributed by atoms with Crippen LogP contribution < -0.4 is 15.8 Å². The summed E-state index contributed by atoms with van der Waals surface area (Å²) in [6.07, 6.45) is 1.09. The summed E-state index contributed by atoms with van der Waals surface area (Å²) in [6.45, 7) is 0.975. The van der Waals surface area contributed by atoms with Gasteiger partial charge >= 0.3 is 0 Å². The van der Waals surface area contributed by atoms with Crippen LogP contribution >= 0.6 is 11.6 Å². The molecule has 1 amide bonds. The van der Waals surface area contributed by atoms with E-state index in [2.05, 4.69) is 5.32 Å². The lowest BCUT2D eigenvalue weighted by Gasteiger charge is -2.06. The number of hydrogen-bond donors (Lipinski definition) is 2. The molecule has 0 bridgehead atoms. The van der Waals surface area contributed by atoms with Gasteiger partial charge in [-0.15, -0.1) is 0 Å². The van der Waals surface area contributed by atoms with Crippen molar-refractivity contribution < 1.29 is 9.53 Å². The molecule has 3 N–H and O–H groups in total. The summed E-state index contributed by atoms with van der Waals surface area (Å²) < 4.78 is 5.05. The number of carbonyl (C=O) groups is 1. The van der Waals surface area contributed by atoms with E-state index in [9.17, 15) is 4.79 Å². The zero-order chi connectivity index (χ0) is 12.7. The maximum Gasteiger partial charge on any atom is 0.220 e. The van der Waals surface area contributed by atoms with Gasteiger partial charge in [0.05, 0.1) is 12.1 Å². The second-order valence-electron chi connectivity index (χ2n) is 3.61. The fourth-order valence-electron chi connectivity index (χ4n) is 1.42. The summed E-state index contributed by atoms with van der Waals surface area (Å²) in [5.41, 5.74) is 6.30. The summed E-state index contributed by atoms with van der Waals surface area (Å²) in [6, 6.07) is 5.52. The second kappa shape index (κ2) is 7.14. The number of carbonyl (C=O) groups excluding carboxylic acids is 1. The van der Waals surface area contributed by atoms with Crippen LogP contribution in [0.4, 0.5) is 0 Å². The van der Waals surface area contributed by atoms with Crippen LogP contribution in [0.1, 0.15) is 12.0 Å². The molecule has 1 aromatic carbocycles. The number of nitrogens with two attached hydrogens (primary N) is 1. The first-order chi connectivity index (χ1) is 8.17. The molecule has 0 saturated carbocycles. The molecule has 0 atom stereocenters. The largest absolute Gasteiger partial charge is 0.495 e. The molecule has 5 heteroatoms. The Morgan fingerprint density at radius 2 is 2.29 bits per heavy atom. The van der Waals surface area contributed by atoms with Gasteiger partial charge in [-0.3, -0.25) is 4.79 Å². The molecule has 17 heavy (non-hydrogen) atoms. The monoisotopic (exact) mass is 256 g/mol. The Kier molecular flexibility index (Phi) is 5.80. The Morgan fingerprint density at radius 3 is 2.88 bits per heavy atom. The lowest BCUT2D eigenvalue weighted by atomic mass is 10.1. The van der Waals surface area contributed by atoms with Crippen molar-refractivity contribution in [3.05, 3.63) is 28.8 Å². The fraction of sp³-hybridized carbons (Fsp3) is 0.417. The van der Waals surface area contributed by atoms with Crippen LogP contribution in [0.25, 0.3) is 0 Å². The third-order valence-electron chi connectivity index (χ3n) is 2.32. The van der Waals surface area contributed by atoms with E-state index in [0.717, 1.165) is 5.56 Å². The van der Waals surface area contributed by atoms with Crippen molar-refractivity contribution in [1.82, 2.24) is 5.32 Å². The highest BCUT2D eigenvalue weighted by Gasteiger charge is 2.04. The van der Waals surface area contributed by atoms with Gasteiger partial charge in [-0.1, -0.05) is 17.7 Å². The number of hydrogen-bond acceptors (Lipinski definition) is 3. The van der Waals surface area contributed by atoms with Crippen molar-refractivity contribution in [2.45, 2.75) is 12.8 Å². The molecule has 0 saturated heterocycles. The third-order valence-corrected chi connectivity index (χ3v) is 2.62. The topological polar surface area (TPSA) is 64.3 Å². The van der Waals surface area contributed by atoms with Gasteiger partial charge < -0.3 is 15.8 Å². The van der Waals surface area contributed by atoms with Crippen molar-refractivity contribution in [2.24, 2.45) is 5.73 Å². The molecule has 0 fully saturated rings. The highest BCUT2D eigenvalue weighted by Crippen LogP contribution is 2.25. The van der Waals surface area contributed by atoms with E-state index >= 15 is 0 Å². The van der Waals surface area contributed by atoms with Gasteiger partial charge in [0.2, 0.25) is 5.91 Å². The Bertz CT molecular complexity index is 383. The first-order valence-electron chi connectivity index (χ1n) is 5.46. The minimum absolute atomic E-state index is 0.00221. The van der Waals surface area contributed by atoms with E-state index in [4.69, 9.17) is 22.1 Å². The van der Waals surface area contributed by atoms with Crippen LogP contribution in [0.5, 0.6) is 5.75 Å². The van der Waals surface area contributed by atoms with Crippen LogP contribution in [-0.2, 0) is 11.2 Å². The molecule has 4 nitrogen and oxygen atoms in total. The van der Waals surface area contributed by atoms with Gasteiger partial charge in [0.15, 0.2) is 0 Å². The molecular formula is C12H17ClN2O2. The molecule has 1 rings (SSSR count). The predicted octanol–water partition coefficient (Wildman–Crippen LogP) is 1.36. The molecule has 1 aromatic rings. The summed E-state index contributed by atoms with van der Waals surface area (Å²) in [4.78, 5) is 11.4. The van der Waals surface area contributed by atoms with E-state index in [1.165, 1.54) is 0 Å². The Labute approximate surface area is 106 Å². The number of rotatable bonds is 6. The first-order valence-corrected chi connectivity index (χ1v) is 5.84. The zero-order valence-corrected chi connectivity index (χ0v) is 10.6. The number of amides is 1. The second-order valence-corrected chi connectivity index (χ2v) is 4.01. The quantitative estimate of drug-likeness (QED) is 0.808. The maximum absolute atomic E-state index is 11.4. The highest BCUT2D eigenvalue weighted by atomic mass is 35.5. The van der Waals surface area contributed by atoms with E-state index in [0.29, 0.717) is 36.7 Å². The van der Waals surface area contributed by atoms with Crippen LogP contribution in [-0.4, -0.2) is 26.1 Å². The predicted molar refractivity (Wildman–Crippen MR) is 68.4 cm³/mol. The van der Waals surface area contributed by atoms with E-state index in [-0.39, 0.29) is 5.91 Å². The van der Waals surface area contributed by atoms with Crippen molar-refractivity contribution in [3.8, 4) is 5.75 Å². The lowest BCUT2D eigenvalue weighted by Crippen LogP contribution is -2.29. The SMILES string of the molecule is COc1ccc(CCC(=O)NCCN)cc1Cl. The standard InChI is InChI=1S/C12H17ClN2O2/c1-17-11-4-2-9(8-10(11)13)3-5-12(16)15-7-6-14/h2,4,8H,3,5-7,14H2,1H3,(H,15,16). The Hall–Kier alpha value is -1.26. The fourth-order valence-corrected chi connectivity index (χ4v) is 1.70. The lowest BCUT2D eigenvalue weighted by molar-refractivity contribution is -0.120. The van der Waals surface area contributed by atoms with Crippen molar-refractivity contribution in [3.63, 3.8) is 0 Å². The highest BCUT2D eigenvalue weighted by molar-refractivity contribution is 6.32. The van der Waals surface area contributed by atoms with Gasteiger partial charge in [-0.25, -0.2) is 0 Å². The minimum atomic E-state index is 0.00221. The average Bonchev–Trinajstić information content (AvgIpc) is 2.34. The Morgan fingerprint density at radius 1 is 1.53 bits per heavy atom. The minimum Gasteiger partial charge on any atom is -0.495 e. The van der Waals surface area contributed by atoms with E-state index in [1.54, 1.807) is 13.2 Å². The summed E-state index contributed by atoms with van der Waals surface area (Å²) in [7, 11) is 1.57. The summed E-state index contributed by atoms with van der Waals surface area (Å²) in [5, 5.41) is 3.28. The molecular weight excluding hydrogens is 240 g/mol. The van der Waals surface area contributed by atoms with Gasteiger partial charge in [0.1, 0.15) is 5.75 Å². The van der Waals surface area contributed by atoms with Crippen molar-refractivity contribution >= 4 is 17.5 Å². The average molecular weight is 257 g/mol. The molecule has 0 aliphatic carbocycles. The smallest absolute Gasteiger partial charge is 0.220 e. The van der Waals surface area contributed by atoms with Gasteiger partial charge in [0, 0.05) is 19.5 Å². The maximum atomic E-state index is 11.4. The normalized spacial score (nSPS) is 10.1.